The van der Waals surface area contributed by atoms with Gasteiger partial charge in [-0.15, -0.1) is 11.7 Å². The fourth-order valence-electron chi connectivity index (χ4n) is 1.83. The van der Waals surface area contributed by atoms with Gasteiger partial charge in [-0.2, -0.15) is 0 Å². The molecule has 0 bridgehead atoms. The topological polar surface area (TPSA) is 56.1 Å². The van der Waals surface area contributed by atoms with Gasteiger partial charge in [-0.3, -0.25) is 9.48 Å². The van der Waals surface area contributed by atoms with Gasteiger partial charge in [0.1, 0.15) is 0 Å². The van der Waals surface area contributed by atoms with E-state index in [-0.39, 0.29) is 5.91 Å². The number of aryl methyl sites for hydroxylation is 1. The van der Waals surface area contributed by atoms with Crippen LogP contribution in [0, 0.1) is 0 Å². The summed E-state index contributed by atoms with van der Waals surface area (Å²) in [5.74, 6) is 0.253. The van der Waals surface area contributed by atoms with Gasteiger partial charge >= 0.3 is 0 Å². The van der Waals surface area contributed by atoms with Crippen LogP contribution in [0.3, 0.4) is 0 Å². The van der Waals surface area contributed by atoms with Gasteiger partial charge in [-0.25, -0.2) is 0 Å². The fourth-order valence-corrected chi connectivity index (χ4v) is 2.19. The summed E-state index contributed by atoms with van der Waals surface area (Å²) >= 11 is 3.42. The Morgan fingerprint density at radius 2 is 2.40 bits per heavy atom. The lowest BCUT2D eigenvalue weighted by Crippen LogP contribution is -2.36. The smallest absolute Gasteiger partial charge is 0.261 e. The molecule has 0 aliphatic rings. The molecule has 1 unspecified atom stereocenters. The second-order valence-electron chi connectivity index (χ2n) is 4.38. The molecule has 20 heavy (non-hydrogen) atoms. The Hall–Kier alpha value is -1.82. The first-order chi connectivity index (χ1) is 9.52. The number of carbonyl (C=O) groups is 1. The Labute approximate surface area is 125 Å². The maximum absolute atomic E-state index is 11.8. The van der Waals surface area contributed by atoms with Crippen molar-refractivity contribution in [3.8, 4) is 5.88 Å². The number of nitrogens with one attached hydrogen (secondary N) is 1. The maximum atomic E-state index is 11.8. The first-order valence-electron chi connectivity index (χ1n) is 6.20. The van der Waals surface area contributed by atoms with Crippen molar-refractivity contribution in [2.24, 2.45) is 7.05 Å². The van der Waals surface area contributed by atoms with E-state index in [1.54, 1.807) is 17.7 Å². The molecule has 0 saturated carbocycles. The summed E-state index contributed by atoms with van der Waals surface area (Å²) in [6, 6.07) is 5.81. The molecule has 1 atom stereocenters. The second kappa shape index (κ2) is 6.09. The molecule has 2 aromatic rings. The van der Waals surface area contributed by atoms with Gasteiger partial charge in [-0.05, 0) is 25.1 Å². The predicted molar refractivity (Wildman–Crippen MR) is 81.7 cm³/mol. The third-order valence-corrected chi connectivity index (χ3v) is 3.35. The van der Waals surface area contributed by atoms with E-state index in [1.807, 2.05) is 25.2 Å². The molecule has 0 spiro atoms. The van der Waals surface area contributed by atoms with Gasteiger partial charge in [0.2, 0.25) is 5.88 Å². The van der Waals surface area contributed by atoms with Gasteiger partial charge < -0.3 is 10.1 Å². The third kappa shape index (κ3) is 3.01. The van der Waals surface area contributed by atoms with Crippen LogP contribution in [-0.4, -0.2) is 28.3 Å². The third-order valence-electron chi connectivity index (χ3n) is 2.86. The molecule has 106 valence electrons. The van der Waals surface area contributed by atoms with Gasteiger partial charge in [0.05, 0.1) is 10.9 Å². The number of amides is 1. The number of nitrogens with zero attached hydrogens (tertiary/aromatic N) is 2. The van der Waals surface area contributed by atoms with Crippen LogP contribution >= 0.6 is 15.9 Å². The van der Waals surface area contributed by atoms with E-state index in [2.05, 4.69) is 32.9 Å². The van der Waals surface area contributed by atoms with Gasteiger partial charge in [0.15, 0.2) is 6.10 Å². The number of hydrogen-bond acceptors (Lipinski definition) is 3. The summed E-state index contributed by atoms with van der Waals surface area (Å²) in [6.07, 6.45) is 1.00. The SMILES string of the molecule is C=CCNC(=O)C(C)Oc1nn(C)c2ccc(Br)cc12. The highest BCUT2D eigenvalue weighted by Gasteiger charge is 2.18. The van der Waals surface area contributed by atoms with Crippen molar-refractivity contribution >= 4 is 32.7 Å². The zero-order valence-corrected chi connectivity index (χ0v) is 13.0. The molecule has 0 aliphatic heterocycles. The zero-order chi connectivity index (χ0) is 14.7. The number of benzene rings is 1. The van der Waals surface area contributed by atoms with Crippen LogP contribution in [0.2, 0.25) is 0 Å². The lowest BCUT2D eigenvalue weighted by atomic mass is 10.2. The van der Waals surface area contributed by atoms with Crippen molar-refractivity contribution in [1.29, 1.82) is 0 Å². The van der Waals surface area contributed by atoms with Crippen molar-refractivity contribution < 1.29 is 9.53 Å². The monoisotopic (exact) mass is 337 g/mol. The van der Waals surface area contributed by atoms with E-state index < -0.39 is 6.10 Å². The van der Waals surface area contributed by atoms with Crippen molar-refractivity contribution in [1.82, 2.24) is 15.1 Å². The molecule has 6 heteroatoms. The minimum absolute atomic E-state index is 0.196. The summed E-state index contributed by atoms with van der Waals surface area (Å²) in [7, 11) is 1.84. The van der Waals surface area contributed by atoms with Crippen LogP contribution in [0.15, 0.2) is 35.3 Å². The van der Waals surface area contributed by atoms with Crippen LogP contribution in [0.1, 0.15) is 6.92 Å². The Morgan fingerprint density at radius 3 is 3.10 bits per heavy atom. The first kappa shape index (κ1) is 14.6. The molecule has 0 aliphatic carbocycles. The second-order valence-corrected chi connectivity index (χ2v) is 5.30. The number of ether oxygens (including phenoxy) is 1. The van der Waals surface area contributed by atoms with Crippen LogP contribution in [0.4, 0.5) is 0 Å². The van der Waals surface area contributed by atoms with Crippen molar-refractivity contribution in [3.63, 3.8) is 0 Å². The number of carbonyl (C=O) groups excluding carboxylic acids is 1. The summed E-state index contributed by atoms with van der Waals surface area (Å²) in [5, 5.41) is 7.87. The molecule has 1 aromatic heterocycles. The Kier molecular flexibility index (Phi) is 4.44. The zero-order valence-electron chi connectivity index (χ0n) is 11.4. The van der Waals surface area contributed by atoms with E-state index in [0.29, 0.717) is 12.4 Å². The fraction of sp³-hybridized carbons (Fsp3) is 0.286. The Morgan fingerprint density at radius 1 is 1.65 bits per heavy atom. The van der Waals surface area contributed by atoms with E-state index in [0.717, 1.165) is 15.4 Å². The molecule has 0 radical (unpaired) electrons. The standard InChI is InChI=1S/C14H16BrN3O2/c1-4-7-16-13(19)9(2)20-14-11-8-10(15)5-6-12(11)18(3)17-14/h4-6,8-9H,1,7H2,2-3H3,(H,16,19). The quantitative estimate of drug-likeness (QED) is 0.852. The van der Waals surface area contributed by atoms with Crippen LogP contribution in [-0.2, 0) is 11.8 Å². The van der Waals surface area contributed by atoms with E-state index in [4.69, 9.17) is 4.74 Å². The van der Waals surface area contributed by atoms with E-state index in [9.17, 15) is 4.79 Å². The number of halogens is 1. The van der Waals surface area contributed by atoms with Crippen molar-refractivity contribution in [3.05, 3.63) is 35.3 Å². The number of aromatic nitrogens is 2. The lowest BCUT2D eigenvalue weighted by molar-refractivity contribution is -0.127. The highest BCUT2D eigenvalue weighted by Crippen LogP contribution is 2.28. The molecular weight excluding hydrogens is 322 g/mol. The Balaban J connectivity index is 2.23. The maximum Gasteiger partial charge on any atom is 0.261 e. The molecule has 5 nitrogen and oxygen atoms in total. The van der Waals surface area contributed by atoms with Gasteiger partial charge in [-0.1, -0.05) is 22.0 Å². The lowest BCUT2D eigenvalue weighted by Gasteiger charge is -2.12. The molecular formula is C14H16BrN3O2. The molecule has 0 fully saturated rings. The first-order valence-corrected chi connectivity index (χ1v) is 6.99. The van der Waals surface area contributed by atoms with Crippen molar-refractivity contribution in [2.75, 3.05) is 6.54 Å². The van der Waals surface area contributed by atoms with Crippen LogP contribution in [0.5, 0.6) is 5.88 Å². The number of fused-ring (bicyclic) bond motifs is 1. The van der Waals surface area contributed by atoms with E-state index >= 15 is 0 Å². The summed E-state index contributed by atoms with van der Waals surface area (Å²) in [4.78, 5) is 11.8. The average Bonchev–Trinajstić information content (AvgIpc) is 2.72. The summed E-state index contributed by atoms with van der Waals surface area (Å²) < 4.78 is 8.33. The molecule has 1 heterocycles. The van der Waals surface area contributed by atoms with Crippen molar-refractivity contribution in [2.45, 2.75) is 13.0 Å². The normalized spacial score (nSPS) is 12.2. The van der Waals surface area contributed by atoms with Crippen LogP contribution in [0.25, 0.3) is 10.9 Å². The molecule has 1 N–H and O–H groups in total. The van der Waals surface area contributed by atoms with Crippen LogP contribution < -0.4 is 10.1 Å². The highest BCUT2D eigenvalue weighted by molar-refractivity contribution is 9.10. The van der Waals surface area contributed by atoms with E-state index in [1.165, 1.54) is 0 Å². The Bertz CT molecular complexity index is 651. The predicted octanol–water partition coefficient (Wildman–Crippen LogP) is 2.41. The minimum atomic E-state index is -0.618. The highest BCUT2D eigenvalue weighted by atomic mass is 79.9. The molecule has 2 rings (SSSR count). The van der Waals surface area contributed by atoms with Gasteiger partial charge in [0.25, 0.3) is 5.91 Å². The molecule has 1 amide bonds. The van der Waals surface area contributed by atoms with Gasteiger partial charge in [0, 0.05) is 18.1 Å². The average molecular weight is 338 g/mol. The minimum Gasteiger partial charge on any atom is -0.463 e. The molecule has 0 saturated heterocycles. The number of hydrogen-bond donors (Lipinski definition) is 1. The molecule has 1 aromatic carbocycles. The summed E-state index contributed by atoms with van der Waals surface area (Å²) in [5.41, 5.74) is 0.946. The summed E-state index contributed by atoms with van der Waals surface area (Å²) in [6.45, 7) is 5.66. The largest absolute Gasteiger partial charge is 0.463 e. The number of rotatable bonds is 5.